The molecule has 7 nitrogen and oxygen atoms in total. The van der Waals surface area contributed by atoms with Crippen LogP contribution in [0, 0.1) is 5.92 Å². The molecule has 0 bridgehead atoms. The van der Waals surface area contributed by atoms with Crippen molar-refractivity contribution in [1.29, 1.82) is 0 Å². The van der Waals surface area contributed by atoms with Crippen LogP contribution in [0.15, 0.2) is 0 Å². The molecule has 0 aromatic carbocycles. The van der Waals surface area contributed by atoms with Crippen LogP contribution in [0.25, 0.3) is 0 Å². The van der Waals surface area contributed by atoms with Crippen LogP contribution in [0.4, 0.5) is 4.79 Å². The molecule has 1 aliphatic rings. The SMILES string of the molecule is CC(=O)C(=O)N1C(=O)C(C(C)OC(=O)OC(Cl)(Cl)CCl)C1Cl. The number of likely N-dealkylation sites (tertiary alicyclic amines) is 1. The van der Waals surface area contributed by atoms with E-state index in [0.29, 0.717) is 4.90 Å². The van der Waals surface area contributed by atoms with Crippen LogP contribution in [0.5, 0.6) is 0 Å². The second kappa shape index (κ2) is 7.21. The van der Waals surface area contributed by atoms with E-state index in [0.717, 1.165) is 6.92 Å². The summed E-state index contributed by atoms with van der Waals surface area (Å²) in [5.41, 5.74) is -1.11. The van der Waals surface area contributed by atoms with Crippen LogP contribution in [0.2, 0.25) is 0 Å². The molecular formula is C11H11Cl4NO6. The first kappa shape index (κ1) is 19.3. The summed E-state index contributed by atoms with van der Waals surface area (Å²) < 4.78 is 7.34. The lowest BCUT2D eigenvalue weighted by atomic mass is 9.92. The standard InChI is InChI=1S/C11H11Cl4NO6/c1-4(17)8(18)16-7(13)6(9(16)19)5(2)21-10(20)22-11(14,15)3-12/h5-7H,3H2,1-2H3. The molecule has 0 aliphatic carbocycles. The average molecular weight is 395 g/mol. The fraction of sp³-hybridized carbons (Fsp3) is 0.636. The van der Waals surface area contributed by atoms with Gasteiger partial charge >= 0.3 is 6.16 Å². The van der Waals surface area contributed by atoms with Crippen LogP contribution in [-0.2, 0) is 23.9 Å². The molecule has 0 aromatic rings. The first-order chi connectivity index (χ1) is 10.0. The van der Waals surface area contributed by atoms with Gasteiger partial charge in [0.2, 0.25) is 11.7 Å². The Morgan fingerprint density at radius 1 is 1.36 bits per heavy atom. The van der Waals surface area contributed by atoms with Gasteiger partial charge in [0, 0.05) is 6.92 Å². The molecule has 0 spiro atoms. The van der Waals surface area contributed by atoms with E-state index in [1.807, 2.05) is 0 Å². The second-order valence-electron chi connectivity index (χ2n) is 4.41. The Hall–Kier alpha value is -0.760. The van der Waals surface area contributed by atoms with Crippen molar-refractivity contribution in [1.82, 2.24) is 4.90 Å². The molecule has 0 radical (unpaired) electrons. The van der Waals surface area contributed by atoms with Gasteiger partial charge in [0.1, 0.15) is 17.5 Å². The van der Waals surface area contributed by atoms with Gasteiger partial charge in [-0.25, -0.2) is 4.79 Å². The molecule has 0 N–H and O–H groups in total. The number of carbonyl (C=O) groups excluding carboxylic acids is 4. The number of nitrogens with zero attached hydrogens (tertiary/aromatic N) is 1. The van der Waals surface area contributed by atoms with E-state index >= 15 is 0 Å². The molecule has 1 heterocycles. The van der Waals surface area contributed by atoms with Gasteiger partial charge in [0.25, 0.3) is 10.4 Å². The summed E-state index contributed by atoms with van der Waals surface area (Å²) in [6.07, 6.45) is -2.29. The first-order valence-electron chi connectivity index (χ1n) is 5.87. The molecule has 22 heavy (non-hydrogen) atoms. The third-order valence-electron chi connectivity index (χ3n) is 2.76. The molecule has 0 aromatic heterocycles. The maximum Gasteiger partial charge on any atom is 0.511 e. The Labute approximate surface area is 145 Å². The molecule has 3 atom stereocenters. The van der Waals surface area contributed by atoms with Crippen molar-refractivity contribution in [3.63, 3.8) is 0 Å². The first-order valence-corrected chi connectivity index (χ1v) is 7.60. The highest BCUT2D eigenvalue weighted by Crippen LogP contribution is 2.34. The summed E-state index contributed by atoms with van der Waals surface area (Å²) in [5.74, 6) is -4.00. The van der Waals surface area contributed by atoms with Crippen molar-refractivity contribution in [2.45, 2.75) is 30.0 Å². The molecule has 124 valence electrons. The highest BCUT2D eigenvalue weighted by molar-refractivity contribution is 6.50. The van der Waals surface area contributed by atoms with Crippen LogP contribution in [0.3, 0.4) is 0 Å². The number of hydrogen-bond acceptors (Lipinski definition) is 6. The van der Waals surface area contributed by atoms with Crippen LogP contribution in [-0.4, -0.2) is 50.7 Å². The maximum atomic E-state index is 11.8. The van der Waals surface area contributed by atoms with Crippen molar-refractivity contribution in [2.24, 2.45) is 5.92 Å². The molecule has 1 fully saturated rings. The van der Waals surface area contributed by atoms with Gasteiger partial charge in [-0.2, -0.15) is 0 Å². The summed E-state index contributed by atoms with van der Waals surface area (Å²) >= 11 is 22.3. The Balaban J connectivity index is 2.63. The van der Waals surface area contributed by atoms with Gasteiger partial charge in [0.05, 0.1) is 5.88 Å². The lowest BCUT2D eigenvalue weighted by Gasteiger charge is -2.43. The average Bonchev–Trinajstić information content (AvgIpc) is 2.37. The molecular weight excluding hydrogens is 384 g/mol. The number of amides is 2. The lowest BCUT2D eigenvalue weighted by Crippen LogP contribution is -2.65. The van der Waals surface area contributed by atoms with Crippen molar-refractivity contribution in [2.75, 3.05) is 5.88 Å². The van der Waals surface area contributed by atoms with E-state index in [1.54, 1.807) is 0 Å². The number of halogens is 4. The molecule has 0 saturated carbocycles. The second-order valence-corrected chi connectivity index (χ2v) is 6.54. The number of hydrogen-bond donors (Lipinski definition) is 0. The Morgan fingerprint density at radius 3 is 2.32 bits per heavy atom. The third kappa shape index (κ3) is 4.16. The van der Waals surface area contributed by atoms with Gasteiger partial charge in [-0.15, -0.1) is 11.6 Å². The van der Waals surface area contributed by atoms with Gasteiger partial charge < -0.3 is 9.47 Å². The maximum absolute atomic E-state index is 11.8. The Kier molecular flexibility index (Phi) is 6.32. The number of β-lactam (4-membered cyclic amide) rings is 1. The van der Waals surface area contributed by atoms with Gasteiger partial charge in [-0.3, -0.25) is 19.3 Å². The smallest absolute Gasteiger partial charge is 0.430 e. The zero-order chi connectivity index (χ0) is 17.2. The number of rotatable bonds is 5. The summed E-state index contributed by atoms with van der Waals surface area (Å²) in [4.78, 5) is 46.3. The highest BCUT2D eigenvalue weighted by atomic mass is 35.5. The van der Waals surface area contributed by atoms with Gasteiger partial charge in [-0.05, 0) is 6.92 Å². The zero-order valence-corrected chi connectivity index (χ0v) is 14.4. The van der Waals surface area contributed by atoms with E-state index in [-0.39, 0.29) is 0 Å². The summed E-state index contributed by atoms with van der Waals surface area (Å²) in [6.45, 7) is 2.37. The van der Waals surface area contributed by atoms with E-state index in [9.17, 15) is 19.2 Å². The molecule has 1 rings (SSSR count). The molecule has 1 saturated heterocycles. The predicted octanol–water partition coefficient (Wildman–Crippen LogP) is 2.04. The van der Waals surface area contributed by atoms with Crippen LogP contribution >= 0.6 is 46.4 Å². The Bertz CT molecular complexity index is 511. The van der Waals surface area contributed by atoms with E-state index in [2.05, 4.69) is 4.74 Å². The van der Waals surface area contributed by atoms with Crippen molar-refractivity contribution in [3.05, 3.63) is 0 Å². The molecule has 2 amide bonds. The quantitative estimate of drug-likeness (QED) is 0.233. The number of carbonyl (C=O) groups is 4. The minimum absolute atomic E-state index is 0.402. The molecule has 3 unspecified atom stereocenters. The van der Waals surface area contributed by atoms with Gasteiger partial charge in [0.15, 0.2) is 0 Å². The fourth-order valence-corrected chi connectivity index (χ4v) is 2.36. The van der Waals surface area contributed by atoms with E-state index in [1.165, 1.54) is 6.92 Å². The van der Waals surface area contributed by atoms with E-state index in [4.69, 9.17) is 51.1 Å². The normalized spacial score (nSPS) is 22.6. The highest BCUT2D eigenvalue weighted by Gasteiger charge is 2.54. The topological polar surface area (TPSA) is 90.0 Å². The monoisotopic (exact) mass is 393 g/mol. The largest absolute Gasteiger partial charge is 0.511 e. The number of alkyl halides is 4. The Morgan fingerprint density at radius 2 is 1.91 bits per heavy atom. The summed E-state index contributed by atoms with van der Waals surface area (Å²) in [7, 11) is 0. The summed E-state index contributed by atoms with van der Waals surface area (Å²) in [5, 5.41) is 0. The number of ether oxygens (including phenoxy) is 2. The lowest BCUT2D eigenvalue weighted by molar-refractivity contribution is -0.169. The molecule has 11 heteroatoms. The number of ketones is 1. The number of Topliss-reactive ketones (excluding diaryl/α,β-unsaturated/α-hetero) is 1. The zero-order valence-electron chi connectivity index (χ0n) is 11.3. The van der Waals surface area contributed by atoms with Crippen molar-refractivity contribution in [3.8, 4) is 0 Å². The van der Waals surface area contributed by atoms with Gasteiger partial charge in [-0.1, -0.05) is 34.8 Å². The fourth-order valence-electron chi connectivity index (χ4n) is 1.68. The van der Waals surface area contributed by atoms with Crippen LogP contribution in [0.1, 0.15) is 13.8 Å². The van der Waals surface area contributed by atoms with E-state index < -0.39 is 51.7 Å². The third-order valence-corrected chi connectivity index (χ3v) is 4.30. The van der Waals surface area contributed by atoms with Crippen LogP contribution < -0.4 is 0 Å². The van der Waals surface area contributed by atoms with Crippen molar-refractivity contribution < 1.29 is 28.7 Å². The minimum atomic E-state index is -1.97. The number of imide groups is 1. The molecule has 1 aliphatic heterocycles. The summed E-state index contributed by atoms with van der Waals surface area (Å²) in [6, 6.07) is 0. The minimum Gasteiger partial charge on any atom is -0.430 e. The predicted molar refractivity (Wildman–Crippen MR) is 77.9 cm³/mol. The van der Waals surface area contributed by atoms with Crippen molar-refractivity contribution >= 4 is 70.2 Å².